The number of hydrogen-bond donors (Lipinski definition) is 0. The molecule has 0 aromatic heterocycles. The summed E-state index contributed by atoms with van der Waals surface area (Å²) in [7, 11) is 0. The molecular weight excluding hydrogens is 941 g/mol. The van der Waals surface area contributed by atoms with E-state index in [1.807, 2.05) is 0 Å². The van der Waals surface area contributed by atoms with Crippen molar-refractivity contribution in [2.45, 2.75) is 10.8 Å². The Morgan fingerprint density at radius 1 is 0.205 bits per heavy atom. The summed E-state index contributed by atoms with van der Waals surface area (Å²) in [5.74, 6) is 0. The van der Waals surface area contributed by atoms with Crippen LogP contribution in [0.25, 0.3) is 43.8 Å². The van der Waals surface area contributed by atoms with Crippen molar-refractivity contribution in [1.29, 1.82) is 0 Å². The van der Waals surface area contributed by atoms with Gasteiger partial charge in [0.05, 0.1) is 16.5 Å². The highest BCUT2D eigenvalue weighted by atomic mass is 15.2. The van der Waals surface area contributed by atoms with Crippen LogP contribution in [0.1, 0.15) is 44.5 Å². The molecular formula is C76H52N2. The SMILES string of the molecule is c1ccc(N(c2ccc3c(c2)C(c2ccccc2)(c2ccccc2)c2ccccc2-3)c2cc(N(c3ccccc3)c3ccc4c(c3)C(c3ccccc3)(c3ccccc3)c3ccccc3-4)c3ccc4ccccc4c3c2)cc1. The maximum absolute atomic E-state index is 2.50. The Kier molecular flexibility index (Phi) is 10.7. The lowest BCUT2D eigenvalue weighted by Gasteiger charge is -2.35. The van der Waals surface area contributed by atoms with Gasteiger partial charge in [0.2, 0.25) is 0 Å². The Hall–Kier alpha value is -10.0. The van der Waals surface area contributed by atoms with Crippen LogP contribution in [0.2, 0.25) is 0 Å². The molecule has 366 valence electrons. The summed E-state index contributed by atoms with van der Waals surface area (Å²) in [6.45, 7) is 0. The first kappa shape index (κ1) is 45.4. The average Bonchev–Trinajstić information content (AvgIpc) is 3.73. The van der Waals surface area contributed by atoms with E-state index in [0.717, 1.165) is 39.5 Å². The van der Waals surface area contributed by atoms with Gasteiger partial charge in [-0.25, -0.2) is 0 Å². The van der Waals surface area contributed by atoms with Gasteiger partial charge in [-0.1, -0.05) is 255 Å². The van der Waals surface area contributed by atoms with E-state index in [1.165, 1.54) is 82.9 Å². The quantitative estimate of drug-likeness (QED) is 0.126. The third kappa shape index (κ3) is 6.83. The largest absolute Gasteiger partial charge is 0.310 e. The van der Waals surface area contributed by atoms with Crippen LogP contribution in [0, 0.1) is 0 Å². The molecule has 0 N–H and O–H groups in total. The maximum atomic E-state index is 2.50. The first-order chi connectivity index (χ1) is 38.7. The number of rotatable bonds is 10. The molecule has 0 spiro atoms. The van der Waals surface area contributed by atoms with Gasteiger partial charge >= 0.3 is 0 Å². The van der Waals surface area contributed by atoms with Crippen molar-refractivity contribution in [2.24, 2.45) is 0 Å². The lowest BCUT2D eigenvalue weighted by atomic mass is 9.67. The summed E-state index contributed by atoms with van der Waals surface area (Å²) in [5.41, 5.74) is 20.4. The van der Waals surface area contributed by atoms with Crippen molar-refractivity contribution in [2.75, 3.05) is 9.80 Å². The average molecular weight is 993 g/mol. The van der Waals surface area contributed by atoms with Crippen molar-refractivity contribution >= 4 is 55.7 Å². The number of nitrogens with zero attached hydrogens (tertiary/aromatic N) is 2. The van der Waals surface area contributed by atoms with Gasteiger partial charge in [-0.2, -0.15) is 0 Å². The molecule has 0 amide bonds. The predicted molar refractivity (Wildman–Crippen MR) is 325 cm³/mol. The van der Waals surface area contributed by atoms with Gasteiger partial charge in [-0.15, -0.1) is 0 Å². The van der Waals surface area contributed by atoms with Crippen molar-refractivity contribution in [3.8, 4) is 22.3 Å². The van der Waals surface area contributed by atoms with Crippen LogP contribution in [0.5, 0.6) is 0 Å². The van der Waals surface area contributed by atoms with Gasteiger partial charge in [-0.05, 0) is 144 Å². The van der Waals surface area contributed by atoms with Crippen LogP contribution >= 0.6 is 0 Å². The van der Waals surface area contributed by atoms with Crippen LogP contribution in [0.4, 0.5) is 34.1 Å². The van der Waals surface area contributed by atoms with E-state index in [-0.39, 0.29) is 0 Å². The normalized spacial score (nSPS) is 13.3. The van der Waals surface area contributed by atoms with E-state index in [0.29, 0.717) is 0 Å². The lowest BCUT2D eigenvalue weighted by molar-refractivity contribution is 0.768. The Balaban J connectivity index is 1.01. The van der Waals surface area contributed by atoms with Crippen LogP contribution in [-0.2, 0) is 10.8 Å². The second-order valence-corrected chi connectivity index (χ2v) is 20.7. The molecule has 2 nitrogen and oxygen atoms in total. The Morgan fingerprint density at radius 3 is 1.08 bits per heavy atom. The lowest BCUT2D eigenvalue weighted by Crippen LogP contribution is -2.28. The van der Waals surface area contributed by atoms with Crippen LogP contribution in [-0.4, -0.2) is 0 Å². The highest BCUT2D eigenvalue weighted by Gasteiger charge is 2.48. The molecule has 2 aliphatic rings. The van der Waals surface area contributed by atoms with Crippen molar-refractivity contribution in [1.82, 2.24) is 0 Å². The van der Waals surface area contributed by atoms with Crippen LogP contribution < -0.4 is 9.80 Å². The molecule has 0 fully saturated rings. The number of hydrogen-bond acceptors (Lipinski definition) is 2. The number of fused-ring (bicyclic) bond motifs is 9. The molecule has 0 bridgehead atoms. The molecule has 0 saturated heterocycles. The third-order valence-electron chi connectivity index (χ3n) is 16.8. The summed E-state index contributed by atoms with van der Waals surface area (Å²) in [5, 5.41) is 4.73. The van der Waals surface area contributed by atoms with Crippen molar-refractivity contribution < 1.29 is 0 Å². The van der Waals surface area contributed by atoms with Crippen molar-refractivity contribution in [3.05, 3.63) is 360 Å². The van der Waals surface area contributed by atoms with Gasteiger partial charge in [0, 0.05) is 33.8 Å². The molecule has 0 radical (unpaired) electrons. The maximum Gasteiger partial charge on any atom is 0.0714 e. The minimum Gasteiger partial charge on any atom is -0.310 e. The summed E-state index contributed by atoms with van der Waals surface area (Å²) in [4.78, 5) is 4.98. The first-order valence-corrected chi connectivity index (χ1v) is 27.1. The molecule has 2 heteroatoms. The van der Waals surface area contributed by atoms with E-state index in [2.05, 4.69) is 325 Å². The van der Waals surface area contributed by atoms with E-state index < -0.39 is 10.8 Å². The Morgan fingerprint density at radius 2 is 0.590 bits per heavy atom. The van der Waals surface area contributed by atoms with Crippen LogP contribution in [0.15, 0.2) is 315 Å². The second kappa shape index (κ2) is 18.4. The topological polar surface area (TPSA) is 6.48 Å². The third-order valence-corrected chi connectivity index (χ3v) is 16.8. The van der Waals surface area contributed by atoms with Crippen molar-refractivity contribution in [3.63, 3.8) is 0 Å². The zero-order valence-electron chi connectivity index (χ0n) is 42.9. The summed E-state index contributed by atoms with van der Waals surface area (Å²) in [6.07, 6.45) is 0. The molecule has 0 unspecified atom stereocenters. The fraction of sp³-hybridized carbons (Fsp3) is 0.0263. The summed E-state index contributed by atoms with van der Waals surface area (Å²) in [6, 6.07) is 117. The molecule has 13 aromatic rings. The van der Waals surface area contributed by atoms with Gasteiger partial charge in [0.25, 0.3) is 0 Å². The molecule has 0 heterocycles. The molecule has 15 rings (SSSR count). The Labute approximate surface area is 456 Å². The first-order valence-electron chi connectivity index (χ1n) is 27.1. The van der Waals surface area contributed by atoms with E-state index in [1.54, 1.807) is 0 Å². The molecule has 78 heavy (non-hydrogen) atoms. The Bertz CT molecular complexity index is 4290. The fourth-order valence-electron chi connectivity index (χ4n) is 13.6. The molecule has 13 aromatic carbocycles. The number of para-hydroxylation sites is 2. The minimum atomic E-state index is -0.570. The molecule has 2 aliphatic carbocycles. The second-order valence-electron chi connectivity index (χ2n) is 20.7. The monoisotopic (exact) mass is 992 g/mol. The molecule has 0 saturated carbocycles. The minimum absolute atomic E-state index is 0.566. The van der Waals surface area contributed by atoms with E-state index in [4.69, 9.17) is 0 Å². The number of anilines is 6. The molecule has 0 aliphatic heterocycles. The number of benzene rings is 13. The van der Waals surface area contributed by atoms with Gasteiger partial charge in [0.1, 0.15) is 0 Å². The summed E-state index contributed by atoms with van der Waals surface area (Å²) < 4.78 is 0. The zero-order chi connectivity index (χ0) is 51.6. The fourth-order valence-corrected chi connectivity index (χ4v) is 13.6. The zero-order valence-corrected chi connectivity index (χ0v) is 42.9. The summed E-state index contributed by atoms with van der Waals surface area (Å²) >= 11 is 0. The highest BCUT2D eigenvalue weighted by molar-refractivity contribution is 6.15. The predicted octanol–water partition coefficient (Wildman–Crippen LogP) is 19.7. The van der Waals surface area contributed by atoms with E-state index >= 15 is 0 Å². The van der Waals surface area contributed by atoms with E-state index in [9.17, 15) is 0 Å². The smallest absolute Gasteiger partial charge is 0.0714 e. The highest BCUT2D eigenvalue weighted by Crippen LogP contribution is 2.60. The standard InChI is InChI=1S/C76H52N2/c1-7-26-54(27-8-1)75(55-28-9-2-10-29-55)70-41-23-21-39-64(70)66-47-44-60(50-72(66)75)77(58-34-15-5-16-35-58)62-49-69-63-38-20-19-25-53(63)43-46-68(69)74(52-62)78(59-36-17-6-18-37-59)61-45-48-67-65-40-22-24-42-71(65)76(73(67)51-61,56-30-11-3-12-31-56)57-32-13-4-14-33-57/h1-52H. The van der Waals surface area contributed by atoms with Crippen LogP contribution in [0.3, 0.4) is 0 Å². The van der Waals surface area contributed by atoms with Gasteiger partial charge < -0.3 is 9.80 Å². The van der Waals surface area contributed by atoms with Gasteiger partial charge in [-0.3, -0.25) is 0 Å². The molecule has 0 atom stereocenters. The van der Waals surface area contributed by atoms with Gasteiger partial charge in [0.15, 0.2) is 0 Å².